The summed E-state index contributed by atoms with van der Waals surface area (Å²) in [6, 6.07) is 1.46. The van der Waals surface area contributed by atoms with Crippen LogP contribution in [0.4, 0.5) is 5.69 Å². The number of esters is 1. The molecule has 33 heavy (non-hydrogen) atoms. The summed E-state index contributed by atoms with van der Waals surface area (Å²) in [7, 11) is 4.55. The first-order valence-corrected chi connectivity index (χ1v) is 12.5. The number of thiophene rings is 1. The van der Waals surface area contributed by atoms with Crippen LogP contribution in [0.2, 0.25) is 0 Å². The zero-order valence-corrected chi connectivity index (χ0v) is 22.0. The van der Waals surface area contributed by atoms with E-state index in [1.54, 1.807) is 19.1 Å². The van der Waals surface area contributed by atoms with Gasteiger partial charge in [-0.25, -0.2) is 4.79 Å². The summed E-state index contributed by atoms with van der Waals surface area (Å²) < 4.78 is 15.9. The zero-order chi connectivity index (χ0) is 24.6. The summed E-state index contributed by atoms with van der Waals surface area (Å²) in [4.78, 5) is 29.2. The molecule has 1 fully saturated rings. The highest BCUT2D eigenvalue weighted by atomic mass is 32.1. The molecular formula is C26H39NO5S. The lowest BCUT2D eigenvalue weighted by atomic mass is 9.81. The third kappa shape index (κ3) is 8.13. The predicted molar refractivity (Wildman–Crippen MR) is 133 cm³/mol. The van der Waals surface area contributed by atoms with Crippen molar-refractivity contribution in [3.63, 3.8) is 0 Å². The molecule has 0 N–H and O–H groups in total. The number of amides is 1. The van der Waals surface area contributed by atoms with Crippen LogP contribution in [-0.2, 0) is 19.0 Å². The molecule has 7 heteroatoms. The van der Waals surface area contributed by atoms with Gasteiger partial charge in [-0.3, -0.25) is 4.79 Å². The fourth-order valence-corrected chi connectivity index (χ4v) is 5.03. The van der Waals surface area contributed by atoms with Crippen LogP contribution < -0.4 is 4.90 Å². The molecule has 1 heterocycles. The van der Waals surface area contributed by atoms with Gasteiger partial charge in [-0.15, -0.1) is 11.3 Å². The number of rotatable bonds is 9. The highest BCUT2D eigenvalue weighted by molar-refractivity contribution is 7.15. The lowest BCUT2D eigenvalue weighted by Crippen LogP contribution is -2.47. The smallest absolute Gasteiger partial charge is 0.350 e. The van der Waals surface area contributed by atoms with Crippen molar-refractivity contribution in [2.24, 2.45) is 17.3 Å². The highest BCUT2D eigenvalue weighted by Gasteiger charge is 2.33. The number of carbonyl (C=O) groups is 2. The van der Waals surface area contributed by atoms with Crippen LogP contribution in [0.1, 0.15) is 74.3 Å². The lowest BCUT2D eigenvalue weighted by molar-refractivity contribution is -0.120. The van der Waals surface area contributed by atoms with Gasteiger partial charge >= 0.3 is 5.97 Å². The number of hydrogen-bond donors (Lipinski definition) is 0. The van der Waals surface area contributed by atoms with Gasteiger partial charge < -0.3 is 19.1 Å². The average molecular weight is 478 g/mol. The fourth-order valence-electron chi connectivity index (χ4n) is 4.11. The second-order valence-corrected chi connectivity index (χ2v) is 11.0. The first kappa shape index (κ1) is 27.4. The summed E-state index contributed by atoms with van der Waals surface area (Å²) in [6.07, 6.45) is 4.84. The Hall–Kier alpha value is -1.88. The zero-order valence-electron chi connectivity index (χ0n) is 21.2. The standard InChI is InChI=1S/C26H39NO5S/c1-18-8-10-19(11-9-18)14-23(28)27(20(16-30-5)17-31-6)22-15-21(12-13-26(2,3)4)33-24(22)25(29)32-7/h15,18-20H,8-11,14,16-17H2,1-7H3. The highest BCUT2D eigenvalue weighted by Crippen LogP contribution is 2.36. The molecule has 1 amide bonds. The first-order chi connectivity index (χ1) is 15.6. The van der Waals surface area contributed by atoms with Crippen molar-refractivity contribution in [3.8, 4) is 11.8 Å². The van der Waals surface area contributed by atoms with Gasteiger partial charge in [0.2, 0.25) is 5.91 Å². The van der Waals surface area contributed by atoms with Crippen LogP contribution in [-0.4, -0.2) is 52.5 Å². The summed E-state index contributed by atoms with van der Waals surface area (Å²) in [5.74, 6) is 6.95. The Morgan fingerprint density at radius 3 is 2.24 bits per heavy atom. The van der Waals surface area contributed by atoms with E-state index in [0.29, 0.717) is 42.0 Å². The van der Waals surface area contributed by atoms with Crippen LogP contribution in [0.3, 0.4) is 0 Å². The van der Waals surface area contributed by atoms with E-state index < -0.39 is 5.97 Å². The minimum absolute atomic E-state index is 0.0214. The third-order valence-electron chi connectivity index (χ3n) is 5.85. The molecule has 1 saturated carbocycles. The average Bonchev–Trinajstić information content (AvgIpc) is 3.17. The molecule has 0 saturated heterocycles. The van der Waals surface area contributed by atoms with E-state index in [1.807, 2.05) is 26.8 Å². The molecule has 1 aliphatic rings. The lowest BCUT2D eigenvalue weighted by Gasteiger charge is -2.33. The Morgan fingerprint density at radius 1 is 1.12 bits per heavy atom. The summed E-state index contributed by atoms with van der Waals surface area (Å²) in [5, 5.41) is 0. The summed E-state index contributed by atoms with van der Waals surface area (Å²) in [5.41, 5.74) is 0.344. The number of carbonyl (C=O) groups excluding carboxylic acids is 2. The maximum absolute atomic E-state index is 13.7. The summed E-state index contributed by atoms with van der Waals surface area (Å²) >= 11 is 1.25. The molecule has 0 radical (unpaired) electrons. The molecule has 0 aliphatic heterocycles. The number of ether oxygens (including phenoxy) is 3. The Balaban J connectivity index is 2.49. The minimum Gasteiger partial charge on any atom is -0.465 e. The van der Waals surface area contributed by atoms with Gasteiger partial charge in [-0.05, 0) is 51.5 Å². The van der Waals surface area contributed by atoms with Crippen molar-refractivity contribution in [2.75, 3.05) is 39.4 Å². The first-order valence-electron chi connectivity index (χ1n) is 11.6. The molecule has 6 nitrogen and oxygen atoms in total. The van der Waals surface area contributed by atoms with E-state index in [9.17, 15) is 9.59 Å². The van der Waals surface area contributed by atoms with Crippen LogP contribution in [0, 0.1) is 29.1 Å². The van der Waals surface area contributed by atoms with Gasteiger partial charge in [0.15, 0.2) is 0 Å². The van der Waals surface area contributed by atoms with E-state index >= 15 is 0 Å². The second kappa shape index (κ2) is 12.5. The maximum Gasteiger partial charge on any atom is 0.350 e. The normalized spacial score (nSPS) is 18.5. The third-order valence-corrected chi connectivity index (χ3v) is 6.87. The fraction of sp³-hybridized carbons (Fsp3) is 0.692. The van der Waals surface area contributed by atoms with Gasteiger partial charge in [0, 0.05) is 26.1 Å². The van der Waals surface area contributed by atoms with E-state index in [1.165, 1.54) is 18.4 Å². The molecular weight excluding hydrogens is 438 g/mol. The van der Waals surface area contributed by atoms with Crippen molar-refractivity contribution >= 4 is 28.9 Å². The van der Waals surface area contributed by atoms with E-state index in [0.717, 1.165) is 30.6 Å². The van der Waals surface area contributed by atoms with Gasteiger partial charge in [0.25, 0.3) is 0 Å². The van der Waals surface area contributed by atoms with Crippen molar-refractivity contribution < 1.29 is 23.8 Å². The molecule has 1 aliphatic carbocycles. The Bertz CT molecular complexity index is 846. The quantitative estimate of drug-likeness (QED) is 0.364. The topological polar surface area (TPSA) is 65.1 Å². The number of methoxy groups -OCH3 is 3. The Morgan fingerprint density at radius 2 is 1.73 bits per heavy atom. The van der Waals surface area contributed by atoms with E-state index in [4.69, 9.17) is 14.2 Å². The molecule has 0 spiro atoms. The number of anilines is 1. The molecule has 0 atom stereocenters. The maximum atomic E-state index is 13.7. The van der Waals surface area contributed by atoms with Crippen molar-refractivity contribution in [1.29, 1.82) is 0 Å². The predicted octanol–water partition coefficient (Wildman–Crippen LogP) is 5.14. The molecule has 0 aromatic carbocycles. The largest absolute Gasteiger partial charge is 0.465 e. The Labute approximate surface area is 203 Å². The summed E-state index contributed by atoms with van der Waals surface area (Å²) in [6.45, 7) is 8.95. The van der Waals surface area contributed by atoms with Crippen LogP contribution in [0.15, 0.2) is 6.07 Å². The van der Waals surface area contributed by atoms with Crippen molar-refractivity contribution in [1.82, 2.24) is 0 Å². The molecule has 0 unspecified atom stereocenters. The van der Waals surface area contributed by atoms with Gasteiger partial charge in [-0.2, -0.15) is 0 Å². The molecule has 184 valence electrons. The molecule has 0 bridgehead atoms. The van der Waals surface area contributed by atoms with Gasteiger partial charge in [-0.1, -0.05) is 31.6 Å². The number of nitrogens with zero attached hydrogens (tertiary/aromatic N) is 1. The van der Waals surface area contributed by atoms with Crippen LogP contribution in [0.5, 0.6) is 0 Å². The monoisotopic (exact) mass is 477 g/mol. The Kier molecular flexibility index (Phi) is 10.4. The number of hydrogen-bond acceptors (Lipinski definition) is 6. The molecule has 1 aromatic rings. The van der Waals surface area contributed by atoms with Gasteiger partial charge in [0.1, 0.15) is 4.88 Å². The SMILES string of the molecule is COCC(COC)N(C(=O)CC1CCC(C)CC1)c1cc(C#CC(C)(C)C)sc1C(=O)OC. The van der Waals surface area contributed by atoms with E-state index in [2.05, 4.69) is 18.8 Å². The van der Waals surface area contributed by atoms with Crippen LogP contribution >= 0.6 is 11.3 Å². The minimum atomic E-state index is -0.475. The second-order valence-electron chi connectivity index (χ2n) is 9.97. The molecule has 1 aromatic heterocycles. The molecule has 2 rings (SSSR count). The van der Waals surface area contributed by atoms with Crippen LogP contribution in [0.25, 0.3) is 0 Å². The van der Waals surface area contributed by atoms with E-state index in [-0.39, 0.29) is 17.4 Å². The van der Waals surface area contributed by atoms with Crippen molar-refractivity contribution in [3.05, 3.63) is 15.8 Å². The van der Waals surface area contributed by atoms with Gasteiger partial charge in [0.05, 0.1) is 36.9 Å². The van der Waals surface area contributed by atoms with Crippen molar-refractivity contribution in [2.45, 2.75) is 65.8 Å².